The van der Waals surface area contributed by atoms with E-state index < -0.39 is 23.6 Å². The maximum atomic E-state index is 12.7. The normalized spacial score (nSPS) is 12.6. The number of hydrogen-bond acceptors (Lipinski definition) is 7. The summed E-state index contributed by atoms with van der Waals surface area (Å²) in [5.74, 6) is -0.239. The van der Waals surface area contributed by atoms with Crippen LogP contribution in [-0.4, -0.2) is 28.6 Å². The molecule has 0 fully saturated rings. The highest BCUT2D eigenvalue weighted by Gasteiger charge is 2.27. The zero-order valence-electron chi connectivity index (χ0n) is 17.8. The van der Waals surface area contributed by atoms with Crippen molar-refractivity contribution in [2.45, 2.75) is 46.3 Å². The number of alkyl carbamates (subject to hydrolysis) is 1. The first-order valence-electron chi connectivity index (χ1n) is 9.59. The van der Waals surface area contributed by atoms with Gasteiger partial charge < -0.3 is 21.1 Å². The van der Waals surface area contributed by atoms with Gasteiger partial charge in [0.1, 0.15) is 23.1 Å². The molecule has 2 amide bonds. The summed E-state index contributed by atoms with van der Waals surface area (Å²) in [4.78, 5) is 28.9. The first kappa shape index (κ1) is 22.8. The number of hydrogen-bond donors (Lipinski definition) is 3. The van der Waals surface area contributed by atoms with Gasteiger partial charge in [-0.2, -0.15) is 5.11 Å². The molecule has 1 aromatic heterocycles. The van der Waals surface area contributed by atoms with Crippen LogP contribution in [0.15, 0.2) is 52.7 Å². The van der Waals surface area contributed by atoms with Crippen molar-refractivity contribution in [1.29, 1.82) is 0 Å². The molecule has 2 rings (SSSR count). The third kappa shape index (κ3) is 7.16. The van der Waals surface area contributed by atoms with Crippen LogP contribution >= 0.6 is 0 Å². The van der Waals surface area contributed by atoms with Gasteiger partial charge in [-0.05, 0) is 51.0 Å². The first-order valence-corrected chi connectivity index (χ1v) is 9.59. The van der Waals surface area contributed by atoms with Crippen LogP contribution in [0.5, 0.6) is 0 Å². The number of nitrogens with one attached hydrogen (secondary N) is 2. The van der Waals surface area contributed by atoms with E-state index in [0.29, 0.717) is 11.4 Å². The van der Waals surface area contributed by atoms with Crippen molar-refractivity contribution in [2.24, 2.45) is 16.1 Å². The highest BCUT2D eigenvalue weighted by Crippen LogP contribution is 2.24. The van der Waals surface area contributed by atoms with Crippen LogP contribution in [0.3, 0.4) is 0 Å². The molecule has 0 aliphatic carbocycles. The quantitative estimate of drug-likeness (QED) is 0.598. The van der Waals surface area contributed by atoms with E-state index in [1.807, 2.05) is 44.2 Å². The Labute approximate surface area is 176 Å². The number of pyridine rings is 1. The summed E-state index contributed by atoms with van der Waals surface area (Å²) in [6, 6.07) is 11.6. The van der Waals surface area contributed by atoms with Crippen molar-refractivity contribution >= 4 is 35.0 Å². The van der Waals surface area contributed by atoms with E-state index in [-0.39, 0.29) is 17.6 Å². The van der Waals surface area contributed by atoms with E-state index in [9.17, 15) is 9.59 Å². The lowest BCUT2D eigenvalue weighted by molar-refractivity contribution is -0.119. The predicted octanol–water partition coefficient (Wildman–Crippen LogP) is 4.57. The molecule has 0 aliphatic heterocycles. The monoisotopic (exact) mass is 412 g/mol. The summed E-state index contributed by atoms with van der Waals surface area (Å²) in [5.41, 5.74) is 6.34. The molecule has 0 spiro atoms. The Bertz CT molecular complexity index is 907. The third-order valence-electron chi connectivity index (χ3n) is 3.80. The second-order valence-electron chi connectivity index (χ2n) is 7.99. The second-order valence-corrected chi connectivity index (χ2v) is 7.99. The van der Waals surface area contributed by atoms with E-state index >= 15 is 0 Å². The molecule has 1 heterocycles. The Hall–Kier alpha value is -3.49. The number of nitrogens with two attached hydrogens (primary N) is 1. The maximum absolute atomic E-state index is 12.7. The van der Waals surface area contributed by atoms with E-state index in [1.54, 1.807) is 32.9 Å². The largest absolute Gasteiger partial charge is 0.444 e. The number of benzene rings is 1. The minimum absolute atomic E-state index is 0.119. The van der Waals surface area contributed by atoms with Crippen LogP contribution in [0, 0.1) is 5.92 Å². The van der Waals surface area contributed by atoms with Gasteiger partial charge in [0.15, 0.2) is 5.82 Å². The molecule has 160 valence electrons. The van der Waals surface area contributed by atoms with E-state index in [2.05, 4.69) is 25.8 Å². The molecule has 0 saturated heterocycles. The van der Waals surface area contributed by atoms with Gasteiger partial charge in [0.2, 0.25) is 5.91 Å². The fraction of sp³-hybridized carbons (Fsp3) is 0.381. The molecule has 0 saturated carbocycles. The molecule has 9 nitrogen and oxygen atoms in total. The van der Waals surface area contributed by atoms with E-state index in [4.69, 9.17) is 10.5 Å². The van der Waals surface area contributed by atoms with Crippen molar-refractivity contribution in [3.05, 3.63) is 42.5 Å². The summed E-state index contributed by atoms with van der Waals surface area (Å²) >= 11 is 0. The van der Waals surface area contributed by atoms with Gasteiger partial charge in [0, 0.05) is 0 Å². The molecule has 1 aromatic carbocycles. The maximum Gasteiger partial charge on any atom is 0.408 e. The van der Waals surface area contributed by atoms with Gasteiger partial charge in [0.05, 0.1) is 5.69 Å². The number of ether oxygens (including phenoxy) is 1. The van der Waals surface area contributed by atoms with Crippen LogP contribution in [0.4, 0.5) is 27.8 Å². The minimum Gasteiger partial charge on any atom is -0.444 e. The molecule has 4 N–H and O–H groups in total. The molecule has 30 heavy (non-hydrogen) atoms. The van der Waals surface area contributed by atoms with Gasteiger partial charge in [-0.3, -0.25) is 4.79 Å². The number of azo groups is 1. The number of nitrogens with zero attached hydrogens (tertiary/aromatic N) is 3. The lowest BCUT2D eigenvalue weighted by atomic mass is 10.0. The standard InChI is InChI=1S/C21H28N6O3/c1-13(2)17(25-20(29)30-21(3,4)5)19(28)24-16-12-11-15(18(22)23-16)27-26-14-9-7-6-8-10-14/h6-13,17H,1-5H3,(H,25,29)(H3,22,23,24,28)/t17-/m0/s1. The molecule has 0 unspecified atom stereocenters. The zero-order valence-corrected chi connectivity index (χ0v) is 17.8. The average Bonchev–Trinajstić information content (AvgIpc) is 2.64. The van der Waals surface area contributed by atoms with Crippen molar-refractivity contribution in [1.82, 2.24) is 10.3 Å². The number of aromatic nitrogens is 1. The van der Waals surface area contributed by atoms with Crippen LogP contribution < -0.4 is 16.4 Å². The Balaban J connectivity index is 2.06. The van der Waals surface area contributed by atoms with Crippen molar-refractivity contribution in [2.75, 3.05) is 11.1 Å². The second kappa shape index (κ2) is 9.82. The molecule has 0 radical (unpaired) electrons. The van der Waals surface area contributed by atoms with Crippen LogP contribution in [0.25, 0.3) is 0 Å². The van der Waals surface area contributed by atoms with E-state index in [0.717, 1.165) is 0 Å². The summed E-state index contributed by atoms with van der Waals surface area (Å²) in [6.07, 6.45) is -0.666. The van der Waals surface area contributed by atoms with Crippen LogP contribution in [0.1, 0.15) is 34.6 Å². The number of anilines is 2. The van der Waals surface area contributed by atoms with Gasteiger partial charge in [-0.15, -0.1) is 5.11 Å². The van der Waals surface area contributed by atoms with Gasteiger partial charge in [0.25, 0.3) is 0 Å². The lowest BCUT2D eigenvalue weighted by Gasteiger charge is -2.25. The molecule has 0 bridgehead atoms. The summed E-state index contributed by atoms with van der Waals surface area (Å²) in [7, 11) is 0. The summed E-state index contributed by atoms with van der Waals surface area (Å²) in [6.45, 7) is 8.88. The van der Waals surface area contributed by atoms with Crippen molar-refractivity contribution < 1.29 is 14.3 Å². The number of carbonyl (C=O) groups excluding carboxylic acids is 2. The van der Waals surface area contributed by atoms with Crippen LogP contribution in [-0.2, 0) is 9.53 Å². The number of carbonyl (C=O) groups is 2. The van der Waals surface area contributed by atoms with Crippen molar-refractivity contribution in [3.8, 4) is 0 Å². The molecular formula is C21H28N6O3. The van der Waals surface area contributed by atoms with E-state index in [1.165, 1.54) is 0 Å². The predicted molar refractivity (Wildman–Crippen MR) is 116 cm³/mol. The summed E-state index contributed by atoms with van der Waals surface area (Å²) in [5, 5.41) is 13.4. The molecule has 0 aliphatic rings. The van der Waals surface area contributed by atoms with Crippen molar-refractivity contribution in [3.63, 3.8) is 0 Å². The molecule has 9 heteroatoms. The SMILES string of the molecule is CC(C)[C@H](NC(=O)OC(C)(C)C)C(=O)Nc1ccc(N=Nc2ccccc2)c(N)n1. The first-order chi connectivity index (χ1) is 14.0. The fourth-order valence-electron chi connectivity index (χ4n) is 2.40. The summed E-state index contributed by atoms with van der Waals surface area (Å²) < 4.78 is 5.23. The fourth-order valence-corrected chi connectivity index (χ4v) is 2.40. The minimum atomic E-state index is -0.805. The Morgan fingerprint density at radius 2 is 1.73 bits per heavy atom. The Kier molecular flexibility index (Phi) is 7.46. The third-order valence-corrected chi connectivity index (χ3v) is 3.80. The number of rotatable bonds is 6. The number of nitrogen functional groups attached to an aromatic ring is 1. The van der Waals surface area contributed by atoms with Crippen LogP contribution in [0.2, 0.25) is 0 Å². The lowest BCUT2D eigenvalue weighted by Crippen LogP contribution is -2.48. The smallest absolute Gasteiger partial charge is 0.408 e. The molecule has 2 aromatic rings. The highest BCUT2D eigenvalue weighted by atomic mass is 16.6. The Morgan fingerprint density at radius 3 is 2.30 bits per heavy atom. The van der Waals surface area contributed by atoms with Gasteiger partial charge in [-0.25, -0.2) is 9.78 Å². The Morgan fingerprint density at radius 1 is 1.07 bits per heavy atom. The zero-order chi connectivity index (χ0) is 22.3. The molecular weight excluding hydrogens is 384 g/mol. The van der Waals surface area contributed by atoms with Gasteiger partial charge >= 0.3 is 6.09 Å². The topological polar surface area (TPSA) is 131 Å². The average molecular weight is 412 g/mol. The van der Waals surface area contributed by atoms with Gasteiger partial charge in [-0.1, -0.05) is 32.0 Å². The highest BCUT2D eigenvalue weighted by molar-refractivity contribution is 5.96. The molecule has 1 atom stereocenters. The number of amides is 2.